The highest BCUT2D eigenvalue weighted by Crippen LogP contribution is 2.20. The molecule has 1 aromatic carbocycles. The summed E-state index contributed by atoms with van der Waals surface area (Å²) in [5.74, 6) is -0.343. The van der Waals surface area contributed by atoms with Crippen molar-refractivity contribution in [3.63, 3.8) is 0 Å². The Hall–Kier alpha value is -0.920. The molecule has 8 heteroatoms. The molecule has 2 rings (SSSR count). The van der Waals surface area contributed by atoms with Crippen molar-refractivity contribution in [1.29, 1.82) is 0 Å². The highest BCUT2D eigenvalue weighted by Gasteiger charge is 2.20. The number of aliphatic hydroxyl groups excluding tert-OH is 1. The van der Waals surface area contributed by atoms with Gasteiger partial charge in [0.2, 0.25) is 0 Å². The normalized spacial score (nSPS) is 15.7. The van der Waals surface area contributed by atoms with E-state index in [9.17, 15) is 4.79 Å². The van der Waals surface area contributed by atoms with Gasteiger partial charge >= 0.3 is 0 Å². The van der Waals surface area contributed by atoms with Gasteiger partial charge in [-0.2, -0.15) is 0 Å². The first-order chi connectivity index (χ1) is 10.5. The number of hydrogen-bond donors (Lipinski definition) is 2. The monoisotopic (exact) mass is 361 g/mol. The first-order valence-electron chi connectivity index (χ1n) is 6.90. The first kappa shape index (κ1) is 17.4. The molecule has 1 fully saturated rings. The van der Waals surface area contributed by atoms with Crippen molar-refractivity contribution in [2.45, 2.75) is 0 Å². The van der Waals surface area contributed by atoms with E-state index >= 15 is 0 Å². The van der Waals surface area contributed by atoms with Crippen molar-refractivity contribution in [3.05, 3.63) is 33.8 Å². The molecule has 1 aromatic rings. The summed E-state index contributed by atoms with van der Waals surface area (Å²) < 4.78 is 0. The van der Waals surface area contributed by atoms with Gasteiger partial charge in [0.05, 0.1) is 17.2 Å². The maximum atomic E-state index is 12.2. The molecule has 1 aliphatic heterocycles. The van der Waals surface area contributed by atoms with E-state index < -0.39 is 0 Å². The van der Waals surface area contributed by atoms with E-state index in [1.807, 2.05) is 4.90 Å². The topological polar surface area (TPSA) is 55.8 Å². The fourth-order valence-electron chi connectivity index (χ4n) is 2.23. The van der Waals surface area contributed by atoms with Crippen molar-refractivity contribution in [3.8, 4) is 0 Å². The van der Waals surface area contributed by atoms with Crippen LogP contribution in [0.2, 0.25) is 10.0 Å². The minimum Gasteiger partial charge on any atom is -0.395 e. The third-order valence-electron chi connectivity index (χ3n) is 3.47. The minimum absolute atomic E-state index is 0.149. The molecule has 1 amide bonds. The molecule has 0 aliphatic carbocycles. The molecule has 120 valence electrons. The highest BCUT2D eigenvalue weighted by atomic mass is 35.5. The summed E-state index contributed by atoms with van der Waals surface area (Å²) in [6.07, 6.45) is 0. The molecular weight excluding hydrogens is 345 g/mol. The molecule has 0 saturated carbocycles. The molecule has 0 radical (unpaired) electrons. The number of carbonyl (C=O) groups excluding carboxylic acids is 1. The van der Waals surface area contributed by atoms with Crippen molar-refractivity contribution < 1.29 is 9.90 Å². The number of hydrogen-bond acceptors (Lipinski definition) is 4. The van der Waals surface area contributed by atoms with Gasteiger partial charge in [-0.1, -0.05) is 23.2 Å². The SMILES string of the molecule is O=C(NC(=S)N1CCN(CCO)CC1)c1ccc(Cl)cc1Cl. The second-order valence-electron chi connectivity index (χ2n) is 4.94. The number of amides is 1. The standard InChI is InChI=1S/C14H17Cl2N3O2S/c15-10-1-2-11(12(16)9-10)13(21)17-14(22)19-5-3-18(4-6-19)7-8-20/h1-2,9,20H,3-8H2,(H,17,21,22). The molecule has 0 atom stereocenters. The van der Waals surface area contributed by atoms with Gasteiger partial charge < -0.3 is 10.0 Å². The molecule has 0 bridgehead atoms. The molecule has 1 saturated heterocycles. The van der Waals surface area contributed by atoms with E-state index in [4.69, 9.17) is 40.5 Å². The lowest BCUT2D eigenvalue weighted by Gasteiger charge is -2.35. The van der Waals surface area contributed by atoms with Crippen LogP contribution in [0.25, 0.3) is 0 Å². The van der Waals surface area contributed by atoms with Gasteiger partial charge in [0.15, 0.2) is 5.11 Å². The summed E-state index contributed by atoms with van der Waals surface area (Å²) in [5, 5.41) is 12.8. The number of halogens is 2. The Morgan fingerprint density at radius 1 is 1.27 bits per heavy atom. The molecule has 1 aliphatic rings. The first-order valence-corrected chi connectivity index (χ1v) is 8.06. The summed E-state index contributed by atoms with van der Waals surface area (Å²) in [7, 11) is 0. The van der Waals surface area contributed by atoms with Crippen LogP contribution in [0.4, 0.5) is 0 Å². The average molecular weight is 362 g/mol. The zero-order valence-corrected chi connectivity index (χ0v) is 14.2. The number of piperazine rings is 1. The minimum atomic E-state index is -0.343. The van der Waals surface area contributed by atoms with E-state index in [2.05, 4.69) is 10.2 Å². The van der Waals surface area contributed by atoms with E-state index in [1.54, 1.807) is 12.1 Å². The van der Waals surface area contributed by atoms with Gasteiger partial charge in [-0.3, -0.25) is 15.0 Å². The quantitative estimate of drug-likeness (QED) is 0.801. The average Bonchev–Trinajstić information content (AvgIpc) is 2.48. The number of carbonyl (C=O) groups is 1. The zero-order valence-electron chi connectivity index (χ0n) is 11.9. The number of thiocarbonyl (C=S) groups is 1. The predicted molar refractivity (Wildman–Crippen MR) is 91.6 cm³/mol. The number of rotatable bonds is 3. The molecule has 0 spiro atoms. The van der Waals surface area contributed by atoms with Gasteiger partial charge in [-0.05, 0) is 30.4 Å². The fourth-order valence-corrected chi connectivity index (χ4v) is 3.00. The van der Waals surface area contributed by atoms with Crippen LogP contribution >= 0.6 is 35.4 Å². The van der Waals surface area contributed by atoms with Crippen LogP contribution in [0.5, 0.6) is 0 Å². The molecule has 1 heterocycles. The van der Waals surface area contributed by atoms with Gasteiger partial charge in [0, 0.05) is 37.7 Å². The van der Waals surface area contributed by atoms with Crippen LogP contribution in [0.15, 0.2) is 18.2 Å². The van der Waals surface area contributed by atoms with Crippen LogP contribution in [0.3, 0.4) is 0 Å². The number of benzene rings is 1. The second-order valence-corrected chi connectivity index (χ2v) is 6.17. The molecule has 22 heavy (non-hydrogen) atoms. The maximum absolute atomic E-state index is 12.2. The number of β-amino-alcohol motifs (C(OH)–C–C–N with tert-alkyl or cyclic N) is 1. The maximum Gasteiger partial charge on any atom is 0.258 e. The number of nitrogens with zero attached hydrogens (tertiary/aromatic N) is 2. The van der Waals surface area contributed by atoms with Crippen LogP contribution in [0.1, 0.15) is 10.4 Å². The summed E-state index contributed by atoms with van der Waals surface area (Å²) in [4.78, 5) is 16.3. The summed E-state index contributed by atoms with van der Waals surface area (Å²) in [6, 6.07) is 4.70. The molecule has 2 N–H and O–H groups in total. The van der Waals surface area contributed by atoms with Gasteiger partial charge in [0.25, 0.3) is 5.91 Å². The third-order valence-corrected chi connectivity index (χ3v) is 4.38. The Morgan fingerprint density at radius 3 is 2.55 bits per heavy atom. The summed E-state index contributed by atoms with van der Waals surface area (Å²) in [6.45, 7) is 3.85. The van der Waals surface area contributed by atoms with Crippen LogP contribution in [-0.2, 0) is 0 Å². The van der Waals surface area contributed by atoms with Crippen LogP contribution in [0, 0.1) is 0 Å². The Labute approximate surface area is 144 Å². The highest BCUT2D eigenvalue weighted by molar-refractivity contribution is 7.80. The largest absolute Gasteiger partial charge is 0.395 e. The Kier molecular flexibility index (Phi) is 6.40. The Bertz CT molecular complexity index is 563. The number of aliphatic hydroxyl groups is 1. The molecular formula is C14H17Cl2N3O2S. The van der Waals surface area contributed by atoms with E-state index in [-0.39, 0.29) is 12.5 Å². The van der Waals surface area contributed by atoms with Crippen LogP contribution < -0.4 is 5.32 Å². The Balaban J connectivity index is 1.90. The fraction of sp³-hybridized carbons (Fsp3) is 0.429. The molecule has 0 unspecified atom stereocenters. The smallest absolute Gasteiger partial charge is 0.258 e. The van der Waals surface area contributed by atoms with Crippen molar-refractivity contribution in [2.75, 3.05) is 39.3 Å². The lowest BCUT2D eigenvalue weighted by atomic mass is 10.2. The van der Waals surface area contributed by atoms with Gasteiger partial charge in [-0.25, -0.2) is 0 Å². The Morgan fingerprint density at radius 2 is 1.95 bits per heavy atom. The summed E-state index contributed by atoms with van der Waals surface area (Å²) >= 11 is 17.1. The van der Waals surface area contributed by atoms with Gasteiger partial charge in [0.1, 0.15) is 0 Å². The predicted octanol–water partition coefficient (Wildman–Crippen LogP) is 1.62. The van der Waals surface area contributed by atoms with Gasteiger partial charge in [-0.15, -0.1) is 0 Å². The van der Waals surface area contributed by atoms with E-state index in [0.717, 1.165) is 13.1 Å². The zero-order chi connectivity index (χ0) is 16.1. The lowest BCUT2D eigenvalue weighted by Crippen LogP contribution is -2.53. The summed E-state index contributed by atoms with van der Waals surface area (Å²) in [5.41, 5.74) is 0.340. The second kappa shape index (κ2) is 8.08. The van der Waals surface area contributed by atoms with Crippen LogP contribution in [-0.4, -0.2) is 65.3 Å². The van der Waals surface area contributed by atoms with Crippen molar-refractivity contribution in [2.24, 2.45) is 0 Å². The van der Waals surface area contributed by atoms with Crippen molar-refractivity contribution >= 4 is 46.4 Å². The molecule has 0 aromatic heterocycles. The third kappa shape index (κ3) is 4.54. The lowest BCUT2D eigenvalue weighted by molar-refractivity contribution is 0.0968. The number of nitrogens with one attached hydrogen (secondary N) is 1. The molecule has 5 nitrogen and oxygen atoms in total. The van der Waals surface area contributed by atoms with E-state index in [1.165, 1.54) is 6.07 Å². The van der Waals surface area contributed by atoms with E-state index in [0.29, 0.717) is 40.4 Å². The van der Waals surface area contributed by atoms with Crippen molar-refractivity contribution in [1.82, 2.24) is 15.1 Å².